The van der Waals surface area contributed by atoms with Crippen LogP contribution in [-0.2, 0) is 16.0 Å². The van der Waals surface area contributed by atoms with E-state index in [2.05, 4.69) is 5.32 Å². The predicted molar refractivity (Wildman–Crippen MR) is 83.6 cm³/mol. The van der Waals surface area contributed by atoms with Crippen LogP contribution in [0, 0.1) is 5.92 Å². The Morgan fingerprint density at radius 1 is 1.19 bits per heavy atom. The largest absolute Gasteiger partial charge is 0.345 e. The van der Waals surface area contributed by atoms with Gasteiger partial charge in [0, 0.05) is 0 Å². The van der Waals surface area contributed by atoms with Gasteiger partial charge in [0.25, 0.3) is 0 Å². The molecule has 2 atom stereocenters. The molecule has 1 aromatic rings. The zero-order chi connectivity index (χ0) is 15.8. The second-order valence-corrected chi connectivity index (χ2v) is 5.66. The number of hydrogen-bond acceptors (Lipinski definition) is 4. The molecule has 0 fully saturated rings. The minimum Gasteiger partial charge on any atom is -0.345 e. The van der Waals surface area contributed by atoms with Crippen molar-refractivity contribution in [3.63, 3.8) is 0 Å². The van der Waals surface area contributed by atoms with Crippen molar-refractivity contribution in [3.8, 4) is 0 Å². The van der Waals surface area contributed by atoms with Gasteiger partial charge in [-0.15, -0.1) is 0 Å². The van der Waals surface area contributed by atoms with E-state index < -0.39 is 12.1 Å². The Labute approximate surface area is 126 Å². The van der Waals surface area contributed by atoms with E-state index in [0.29, 0.717) is 18.8 Å². The molecule has 0 radical (unpaired) electrons. The molecule has 1 amide bonds. The van der Waals surface area contributed by atoms with Crippen LogP contribution < -0.4 is 16.8 Å². The first kappa shape index (κ1) is 17.3. The van der Waals surface area contributed by atoms with E-state index in [-0.39, 0.29) is 18.2 Å². The monoisotopic (exact) mass is 291 g/mol. The lowest BCUT2D eigenvalue weighted by molar-refractivity contribution is -0.128. The molecule has 0 aromatic heterocycles. The maximum atomic E-state index is 12.1. The summed E-state index contributed by atoms with van der Waals surface area (Å²) in [7, 11) is 0. The highest BCUT2D eigenvalue weighted by Crippen LogP contribution is 2.06. The number of carbonyl (C=O) groups excluding carboxylic acids is 2. The highest BCUT2D eigenvalue weighted by Gasteiger charge is 2.23. The van der Waals surface area contributed by atoms with E-state index in [1.165, 1.54) is 0 Å². The molecule has 0 aliphatic carbocycles. The van der Waals surface area contributed by atoms with Gasteiger partial charge in [-0.1, -0.05) is 44.2 Å². The maximum absolute atomic E-state index is 12.1. The number of nitrogens with one attached hydrogen (secondary N) is 1. The Hall–Kier alpha value is -1.72. The number of nitrogens with two attached hydrogens (primary N) is 2. The van der Waals surface area contributed by atoms with E-state index in [1.807, 2.05) is 44.2 Å². The van der Waals surface area contributed by atoms with Gasteiger partial charge in [0.1, 0.15) is 0 Å². The average molecular weight is 291 g/mol. The molecule has 0 spiro atoms. The van der Waals surface area contributed by atoms with Gasteiger partial charge in [-0.05, 0) is 24.3 Å². The first-order valence-electron chi connectivity index (χ1n) is 7.26. The van der Waals surface area contributed by atoms with Crippen molar-refractivity contribution in [3.05, 3.63) is 35.9 Å². The molecule has 116 valence electrons. The lowest BCUT2D eigenvalue weighted by atomic mass is 10.00. The van der Waals surface area contributed by atoms with E-state index in [4.69, 9.17) is 11.5 Å². The molecule has 5 N–H and O–H groups in total. The quantitative estimate of drug-likeness (QED) is 0.653. The molecule has 0 heterocycles. The molecule has 0 unspecified atom stereocenters. The Morgan fingerprint density at radius 2 is 1.81 bits per heavy atom. The van der Waals surface area contributed by atoms with Crippen LogP contribution in [0.5, 0.6) is 0 Å². The summed E-state index contributed by atoms with van der Waals surface area (Å²) in [5, 5.41) is 2.73. The van der Waals surface area contributed by atoms with Crippen molar-refractivity contribution in [2.24, 2.45) is 17.4 Å². The van der Waals surface area contributed by atoms with Crippen LogP contribution in [0.2, 0.25) is 0 Å². The molecule has 0 aliphatic heterocycles. The van der Waals surface area contributed by atoms with Crippen LogP contribution in [-0.4, -0.2) is 30.3 Å². The Balaban J connectivity index is 2.70. The smallest absolute Gasteiger partial charge is 0.237 e. The van der Waals surface area contributed by atoms with Crippen LogP contribution in [0.25, 0.3) is 0 Å². The van der Waals surface area contributed by atoms with Crippen molar-refractivity contribution < 1.29 is 9.59 Å². The SMILES string of the molecule is CC(C)C[C@@H](N)C(=O)N[C@@H](Cc1ccccc1)C(=O)CN. The molecule has 1 aromatic carbocycles. The van der Waals surface area contributed by atoms with Crippen LogP contribution in [0.4, 0.5) is 0 Å². The first-order valence-corrected chi connectivity index (χ1v) is 7.26. The van der Waals surface area contributed by atoms with Crippen LogP contribution >= 0.6 is 0 Å². The summed E-state index contributed by atoms with van der Waals surface area (Å²) in [5.74, 6) is -0.168. The van der Waals surface area contributed by atoms with Crippen LogP contribution in [0.3, 0.4) is 0 Å². The van der Waals surface area contributed by atoms with Gasteiger partial charge in [0.15, 0.2) is 5.78 Å². The standard InChI is InChI=1S/C16H25N3O2/c1-11(2)8-13(18)16(21)19-14(15(20)10-17)9-12-6-4-3-5-7-12/h3-7,11,13-14H,8-10,17-18H2,1-2H3,(H,19,21)/t13-,14+/m1/s1. The minimum absolute atomic E-state index is 0.100. The van der Waals surface area contributed by atoms with Crippen molar-refractivity contribution >= 4 is 11.7 Å². The second kappa shape index (κ2) is 8.54. The topological polar surface area (TPSA) is 98.2 Å². The normalized spacial score (nSPS) is 13.8. The zero-order valence-corrected chi connectivity index (χ0v) is 12.7. The van der Waals surface area contributed by atoms with Crippen LogP contribution in [0.15, 0.2) is 30.3 Å². The summed E-state index contributed by atoms with van der Waals surface area (Å²) >= 11 is 0. The van der Waals surface area contributed by atoms with Gasteiger partial charge in [-0.25, -0.2) is 0 Å². The van der Waals surface area contributed by atoms with Gasteiger partial charge >= 0.3 is 0 Å². The summed E-state index contributed by atoms with van der Waals surface area (Å²) in [5.41, 5.74) is 12.2. The lowest BCUT2D eigenvalue weighted by Crippen LogP contribution is -2.51. The number of hydrogen-bond donors (Lipinski definition) is 3. The van der Waals surface area contributed by atoms with E-state index >= 15 is 0 Å². The van der Waals surface area contributed by atoms with Crippen molar-refractivity contribution in [2.75, 3.05) is 6.54 Å². The summed E-state index contributed by atoms with van der Waals surface area (Å²) < 4.78 is 0. The molecule has 0 bridgehead atoms. The molecule has 5 nitrogen and oxygen atoms in total. The first-order chi connectivity index (χ1) is 9.93. The fourth-order valence-corrected chi connectivity index (χ4v) is 2.13. The highest BCUT2D eigenvalue weighted by atomic mass is 16.2. The van der Waals surface area contributed by atoms with Crippen molar-refractivity contribution in [1.29, 1.82) is 0 Å². The number of benzene rings is 1. The molecule has 0 aliphatic rings. The minimum atomic E-state index is -0.622. The average Bonchev–Trinajstić information content (AvgIpc) is 2.46. The predicted octanol–water partition coefficient (Wildman–Crippen LogP) is 0.615. The third kappa shape index (κ3) is 6.06. The fraction of sp³-hybridized carbons (Fsp3) is 0.500. The molecular formula is C16H25N3O2. The Bertz CT molecular complexity index is 460. The fourth-order valence-electron chi connectivity index (χ4n) is 2.13. The Kier molecular flexibility index (Phi) is 7.05. The zero-order valence-electron chi connectivity index (χ0n) is 12.7. The summed E-state index contributed by atoms with van der Waals surface area (Å²) in [6, 6.07) is 8.29. The maximum Gasteiger partial charge on any atom is 0.237 e. The van der Waals surface area contributed by atoms with Gasteiger partial charge in [-0.2, -0.15) is 0 Å². The number of ketones is 1. The molecule has 0 saturated heterocycles. The third-order valence-corrected chi connectivity index (χ3v) is 3.25. The summed E-state index contributed by atoms with van der Waals surface area (Å²) in [6.45, 7) is 3.90. The summed E-state index contributed by atoms with van der Waals surface area (Å²) in [4.78, 5) is 24.0. The van der Waals surface area contributed by atoms with Gasteiger partial charge in [0.2, 0.25) is 5.91 Å². The second-order valence-electron chi connectivity index (χ2n) is 5.66. The van der Waals surface area contributed by atoms with Gasteiger partial charge < -0.3 is 16.8 Å². The number of rotatable bonds is 8. The Morgan fingerprint density at radius 3 is 2.33 bits per heavy atom. The molecule has 5 heteroatoms. The number of Topliss-reactive ketones (excluding diaryl/α,β-unsaturated/α-hetero) is 1. The molecule has 0 saturated carbocycles. The number of carbonyl (C=O) groups is 2. The van der Waals surface area contributed by atoms with Crippen LogP contribution in [0.1, 0.15) is 25.8 Å². The van der Waals surface area contributed by atoms with E-state index in [9.17, 15) is 9.59 Å². The molecule has 1 rings (SSSR count). The lowest BCUT2D eigenvalue weighted by Gasteiger charge is -2.20. The van der Waals surface area contributed by atoms with Crippen molar-refractivity contribution in [1.82, 2.24) is 5.32 Å². The van der Waals surface area contributed by atoms with E-state index in [1.54, 1.807) is 0 Å². The third-order valence-electron chi connectivity index (χ3n) is 3.25. The molecule has 21 heavy (non-hydrogen) atoms. The molecular weight excluding hydrogens is 266 g/mol. The van der Waals surface area contributed by atoms with Gasteiger partial charge in [0.05, 0.1) is 18.6 Å². The highest BCUT2D eigenvalue weighted by molar-refractivity contribution is 5.91. The summed E-state index contributed by atoms with van der Waals surface area (Å²) in [6.07, 6.45) is 1.01. The van der Waals surface area contributed by atoms with Gasteiger partial charge in [-0.3, -0.25) is 9.59 Å². The number of amides is 1. The van der Waals surface area contributed by atoms with Crippen molar-refractivity contribution in [2.45, 2.75) is 38.8 Å². The van der Waals surface area contributed by atoms with E-state index in [0.717, 1.165) is 5.56 Å².